The van der Waals surface area contributed by atoms with E-state index in [9.17, 15) is 63.4 Å². The molecule has 424 valence electrons. The van der Waals surface area contributed by atoms with Crippen LogP contribution in [0.3, 0.4) is 0 Å². The van der Waals surface area contributed by atoms with Crippen LogP contribution in [0.2, 0.25) is 0 Å². The Hall–Kier alpha value is -8.76. The Balaban J connectivity index is 1.49. The van der Waals surface area contributed by atoms with Gasteiger partial charge in [-0.25, -0.2) is 4.79 Å². The molecule has 1 fully saturated rings. The van der Waals surface area contributed by atoms with E-state index in [2.05, 4.69) is 36.9 Å². The lowest BCUT2D eigenvalue weighted by atomic mass is 9.95. The van der Waals surface area contributed by atoms with Crippen molar-refractivity contribution in [2.24, 2.45) is 39.8 Å². The molecule has 14 N–H and O–H groups in total. The minimum Gasteiger partial charge on any atom is -0.497 e. The fourth-order valence-corrected chi connectivity index (χ4v) is 8.59. The topological polar surface area (TPSA) is 454 Å². The van der Waals surface area contributed by atoms with Crippen molar-refractivity contribution < 1.29 is 57.4 Å². The zero-order valence-corrected chi connectivity index (χ0v) is 44.0. The van der Waals surface area contributed by atoms with Gasteiger partial charge in [-0.05, 0) is 81.0 Å². The Bertz CT molecular complexity index is 2830. The second-order valence-corrected chi connectivity index (χ2v) is 19.4. The number of guanidine groups is 1. The average Bonchev–Trinajstić information content (AvgIpc) is 3.90. The number of primary amides is 1. The molecule has 7 atom stereocenters. The fourth-order valence-electron chi connectivity index (χ4n) is 8.59. The Labute approximate surface area is 447 Å². The van der Waals surface area contributed by atoms with Gasteiger partial charge in [0.15, 0.2) is 5.96 Å². The molecule has 2 aromatic carbocycles. The summed E-state index contributed by atoms with van der Waals surface area (Å²) in [4.78, 5) is 148. The van der Waals surface area contributed by atoms with E-state index in [0.29, 0.717) is 29.2 Å². The number of hydrogen-bond acceptors (Lipinski definition) is 17. The first-order chi connectivity index (χ1) is 36.7. The summed E-state index contributed by atoms with van der Waals surface area (Å²) in [6, 6.07) is -1.70. The largest absolute Gasteiger partial charge is 0.497 e. The highest BCUT2D eigenvalue weighted by Crippen LogP contribution is 2.32. The van der Waals surface area contributed by atoms with Gasteiger partial charge in [0.25, 0.3) is 11.4 Å². The Morgan fingerprint density at radius 3 is 2.08 bits per heavy atom. The summed E-state index contributed by atoms with van der Waals surface area (Å²) in [7, 11) is 1.45. The van der Waals surface area contributed by atoms with Crippen LogP contribution in [0.5, 0.6) is 5.75 Å². The van der Waals surface area contributed by atoms with Crippen LogP contribution in [0.25, 0.3) is 11.0 Å². The Kier molecular flexibility index (Phi) is 22.5. The minimum absolute atomic E-state index is 0.00829. The van der Waals surface area contributed by atoms with Gasteiger partial charge in [-0.15, -0.1) is 0 Å². The van der Waals surface area contributed by atoms with Gasteiger partial charge in [-0.3, -0.25) is 63.6 Å². The highest BCUT2D eigenvalue weighted by molar-refractivity contribution is 5.96. The number of nitrogens with two attached hydrogens (primary N) is 4. The van der Waals surface area contributed by atoms with Crippen LogP contribution in [0.15, 0.2) is 56.7 Å². The van der Waals surface area contributed by atoms with Crippen LogP contribution in [0.1, 0.15) is 90.3 Å². The molecule has 0 saturated carbocycles. The van der Waals surface area contributed by atoms with Crippen LogP contribution in [0.4, 0.5) is 11.4 Å². The summed E-state index contributed by atoms with van der Waals surface area (Å²) in [6.45, 7) is 7.81. The number of ether oxygens (including phenoxy) is 1. The minimum atomic E-state index is -1.97. The average molecular weight is 1090 g/mol. The lowest BCUT2D eigenvalue weighted by molar-refractivity contribution is -0.394. The Morgan fingerprint density at radius 1 is 0.808 bits per heavy atom. The summed E-state index contributed by atoms with van der Waals surface area (Å²) in [5.41, 5.74) is 20.3. The molecule has 2 heterocycles. The number of nitrogens with zero attached hydrogens (tertiary/aromatic N) is 4. The number of carbonyl (C=O) groups is 8. The van der Waals surface area contributed by atoms with Gasteiger partial charge in [0.1, 0.15) is 47.6 Å². The molecule has 78 heavy (non-hydrogen) atoms. The van der Waals surface area contributed by atoms with Gasteiger partial charge in [0.2, 0.25) is 47.3 Å². The normalized spacial score (nSPS) is 15.4. The summed E-state index contributed by atoms with van der Waals surface area (Å²) in [5.74, 6) is -7.02. The number of likely N-dealkylation sites (tertiary alicyclic amines) is 1. The molecule has 1 aliphatic rings. The standard InChI is InChI=1S/C49H68N14O15/c1-24(2)17-33(59-47(71)35-10-8-16-61(35)39(65)19-27-20-40(66)78-37-22-29(77-6)12-14-30(27)37)45(69)55-23-38(64)57-34(18-25(3)4)46(70)60-42(31-13-11-28(62(73)74)21-36(31)63(75)76)41(50)48(72)56-26(5)44(68)58-32(43(51)67)9-7-15-54-49(52)53/h11-14,20-22,24-26,32-35,41-42H,7-10,15-19,23,50H2,1-6H3,(H2,51,67)(H,55,69)(H,56,72)(H,57,64)(H,58,68)(H,59,71)(H,60,70)(H4,52,53,54)/t26-,32-,33?,34?,35-,41?,42?/m1/s1. The van der Waals surface area contributed by atoms with E-state index >= 15 is 0 Å². The van der Waals surface area contributed by atoms with Gasteiger partial charge >= 0.3 is 5.63 Å². The first-order valence-electron chi connectivity index (χ1n) is 24.9. The highest BCUT2D eigenvalue weighted by atomic mass is 16.6. The number of carbonyl (C=O) groups excluding carboxylic acids is 8. The molecule has 0 radical (unpaired) electrons. The van der Waals surface area contributed by atoms with Crippen molar-refractivity contribution in [3.05, 3.63) is 84.2 Å². The van der Waals surface area contributed by atoms with Crippen LogP contribution < -0.4 is 65.2 Å². The van der Waals surface area contributed by atoms with E-state index in [-0.39, 0.29) is 75.0 Å². The quantitative estimate of drug-likeness (QED) is 0.0105. The van der Waals surface area contributed by atoms with Crippen LogP contribution in [0, 0.1) is 32.1 Å². The number of nitro benzene ring substituents is 2. The van der Waals surface area contributed by atoms with E-state index < -0.39 is 129 Å². The molecule has 1 saturated heterocycles. The number of amides is 8. The number of non-ortho nitro benzene ring substituents is 1. The summed E-state index contributed by atoms with van der Waals surface area (Å²) in [6.07, 6.45) is 0.769. The molecule has 4 rings (SSSR count). The number of nitrogens with one attached hydrogen (secondary N) is 6. The van der Waals surface area contributed by atoms with Crippen LogP contribution in [-0.2, 0) is 44.8 Å². The van der Waals surface area contributed by atoms with Crippen molar-refractivity contribution in [3.63, 3.8) is 0 Å². The van der Waals surface area contributed by atoms with Crippen molar-refractivity contribution in [1.29, 1.82) is 0 Å². The molecular weight excluding hydrogens is 1020 g/mol. The third-order valence-corrected chi connectivity index (χ3v) is 12.5. The maximum absolute atomic E-state index is 14.2. The monoisotopic (exact) mass is 1090 g/mol. The molecular formula is C49H68N14O15. The maximum Gasteiger partial charge on any atom is 0.336 e. The van der Waals surface area contributed by atoms with E-state index in [0.717, 1.165) is 12.1 Å². The second-order valence-electron chi connectivity index (χ2n) is 19.4. The van der Waals surface area contributed by atoms with Gasteiger partial charge in [0, 0.05) is 36.7 Å². The maximum atomic E-state index is 14.2. The van der Waals surface area contributed by atoms with Crippen molar-refractivity contribution in [2.45, 2.75) is 122 Å². The summed E-state index contributed by atoms with van der Waals surface area (Å²) < 4.78 is 10.5. The lowest BCUT2D eigenvalue weighted by Crippen LogP contribution is -2.58. The van der Waals surface area contributed by atoms with Gasteiger partial charge in [0.05, 0.1) is 47.6 Å². The molecule has 4 unspecified atom stereocenters. The number of methoxy groups -OCH3 is 1. The SMILES string of the molecule is COc1ccc2c(CC(=O)N3CCC[C@@H]3C(=O)NC(CC(C)C)C(=O)NCC(=O)NC(CC(C)C)C(=O)NC(c3ccc([N+](=O)[O-])cc3[N+](=O)[O-])C(N)C(=O)N[C@H](C)C(=O)N[C@H](CCCN=C(N)N)C(N)=O)cc(=O)oc2c1. The first kappa shape index (κ1) is 61.8. The van der Waals surface area contributed by atoms with Crippen LogP contribution >= 0.6 is 0 Å². The molecule has 8 amide bonds. The highest BCUT2D eigenvalue weighted by Gasteiger charge is 2.39. The predicted molar refractivity (Wildman–Crippen MR) is 281 cm³/mol. The first-order valence-corrected chi connectivity index (χ1v) is 24.9. The number of rotatable bonds is 28. The van der Waals surface area contributed by atoms with Crippen molar-refractivity contribution in [3.8, 4) is 5.75 Å². The number of nitro groups is 2. The van der Waals surface area contributed by atoms with Gasteiger partial charge < -0.3 is 68.9 Å². The van der Waals surface area contributed by atoms with E-state index in [1.54, 1.807) is 39.8 Å². The third-order valence-electron chi connectivity index (χ3n) is 12.5. The van der Waals surface area contributed by atoms with E-state index in [1.807, 2.05) is 0 Å². The second kappa shape index (κ2) is 28.4. The summed E-state index contributed by atoms with van der Waals surface area (Å²) in [5, 5.41) is 39.4. The summed E-state index contributed by atoms with van der Waals surface area (Å²) >= 11 is 0. The number of hydrogen-bond donors (Lipinski definition) is 10. The molecule has 1 aliphatic heterocycles. The molecule has 29 nitrogen and oxygen atoms in total. The van der Waals surface area contributed by atoms with Crippen molar-refractivity contribution in [2.75, 3.05) is 26.7 Å². The fraction of sp³-hybridized carbons (Fsp3) is 0.510. The molecule has 29 heteroatoms. The smallest absolute Gasteiger partial charge is 0.336 e. The van der Waals surface area contributed by atoms with E-state index in [1.165, 1.54) is 31.1 Å². The molecule has 3 aromatic rings. The predicted octanol–water partition coefficient (Wildman–Crippen LogP) is -0.957. The number of fused-ring (bicyclic) bond motifs is 1. The van der Waals surface area contributed by atoms with Crippen molar-refractivity contribution >= 4 is 75.6 Å². The van der Waals surface area contributed by atoms with Crippen molar-refractivity contribution in [1.82, 2.24) is 36.8 Å². The number of aliphatic imine (C=N–C) groups is 1. The van der Waals surface area contributed by atoms with Crippen LogP contribution in [-0.4, -0.2) is 131 Å². The molecule has 0 aliphatic carbocycles. The zero-order valence-electron chi connectivity index (χ0n) is 44.0. The molecule has 0 spiro atoms. The zero-order chi connectivity index (χ0) is 58.1. The molecule has 0 bridgehead atoms. The van der Waals surface area contributed by atoms with E-state index in [4.69, 9.17) is 32.1 Å². The van der Waals surface area contributed by atoms with Gasteiger partial charge in [-0.2, -0.15) is 0 Å². The van der Waals surface area contributed by atoms with Gasteiger partial charge in [-0.1, -0.05) is 27.7 Å². The molecule has 1 aromatic heterocycles. The Morgan fingerprint density at radius 2 is 1.47 bits per heavy atom. The third kappa shape index (κ3) is 17.7. The lowest BCUT2D eigenvalue weighted by Gasteiger charge is -2.29. The number of benzene rings is 2.